The van der Waals surface area contributed by atoms with Crippen LogP contribution in [0.4, 0.5) is 15.2 Å². The Morgan fingerprint density at radius 3 is 2.71 bits per heavy atom. The molecule has 0 radical (unpaired) electrons. The van der Waals surface area contributed by atoms with Gasteiger partial charge < -0.3 is 0 Å². The van der Waals surface area contributed by atoms with Crippen molar-refractivity contribution in [2.45, 2.75) is 31.6 Å². The molecule has 1 aromatic carbocycles. The third kappa shape index (κ3) is 4.18. The van der Waals surface area contributed by atoms with E-state index in [1.807, 2.05) is 5.38 Å². The van der Waals surface area contributed by atoms with Crippen LogP contribution in [-0.4, -0.2) is 20.9 Å². The molecular weight excluding hydrogens is 397 g/mol. The summed E-state index contributed by atoms with van der Waals surface area (Å²) < 4.78 is 14.2. The first-order valence-electron chi connectivity index (χ1n) is 8.28. The number of carbonyl (C=O) groups is 1. The maximum Gasteiger partial charge on any atom is 0.230 e. The average Bonchev–Trinajstić information content (AvgIpc) is 3.09. The summed E-state index contributed by atoms with van der Waals surface area (Å²) in [4.78, 5) is 26.4. The molecule has 0 N–H and O–H groups in total. The zero-order valence-corrected chi connectivity index (χ0v) is 17.1. The summed E-state index contributed by atoms with van der Waals surface area (Å²) >= 11 is 2.64. The molecule has 0 saturated carbocycles. The molecule has 2 aromatic heterocycles. The minimum atomic E-state index is -0.491. The molecule has 142 valence electrons. The van der Waals surface area contributed by atoms with Gasteiger partial charge >= 0.3 is 0 Å². The van der Waals surface area contributed by atoms with Crippen molar-refractivity contribution in [1.29, 1.82) is 5.26 Å². The number of thiazole rings is 1. The Morgan fingerprint density at radius 2 is 2.04 bits per heavy atom. The number of nitrogens with zero attached hydrogens (tertiary/aromatic N) is 5. The lowest BCUT2D eigenvalue weighted by Gasteiger charge is -2.18. The largest absolute Gasteiger partial charge is 0.274 e. The molecule has 0 unspecified atom stereocenters. The van der Waals surface area contributed by atoms with E-state index in [4.69, 9.17) is 0 Å². The Hall–Kier alpha value is -2.83. The molecule has 3 aromatic rings. The lowest BCUT2D eigenvalue weighted by atomic mass is 10.3. The Kier molecular flexibility index (Phi) is 6.02. The van der Waals surface area contributed by atoms with E-state index in [1.54, 1.807) is 26.0 Å². The number of aromatic nitrogens is 3. The Morgan fingerprint density at radius 1 is 1.29 bits per heavy atom. The maximum absolute atomic E-state index is 14.2. The first-order valence-corrected chi connectivity index (χ1v) is 10.1. The maximum atomic E-state index is 14.2. The van der Waals surface area contributed by atoms with Gasteiger partial charge in [-0.1, -0.05) is 23.9 Å². The van der Waals surface area contributed by atoms with Crippen LogP contribution in [0.3, 0.4) is 0 Å². The number of amides is 1. The van der Waals surface area contributed by atoms with Gasteiger partial charge in [-0.2, -0.15) is 5.26 Å². The van der Waals surface area contributed by atoms with Crippen LogP contribution in [0.25, 0.3) is 0 Å². The van der Waals surface area contributed by atoms with Crippen molar-refractivity contribution in [3.05, 3.63) is 58.2 Å². The molecule has 0 fully saturated rings. The van der Waals surface area contributed by atoms with E-state index in [9.17, 15) is 14.4 Å². The minimum Gasteiger partial charge on any atom is -0.274 e. The van der Waals surface area contributed by atoms with Gasteiger partial charge in [0.05, 0.1) is 17.1 Å². The van der Waals surface area contributed by atoms with Gasteiger partial charge in [0.15, 0.2) is 5.13 Å². The summed E-state index contributed by atoms with van der Waals surface area (Å²) in [5.41, 5.74) is 1.96. The van der Waals surface area contributed by atoms with Gasteiger partial charge in [0.25, 0.3) is 0 Å². The van der Waals surface area contributed by atoms with E-state index in [2.05, 4.69) is 21.0 Å². The summed E-state index contributed by atoms with van der Waals surface area (Å²) in [6.07, 6.45) is 0. The van der Waals surface area contributed by atoms with E-state index in [-0.39, 0.29) is 11.6 Å². The highest BCUT2D eigenvalue weighted by atomic mass is 32.2. The van der Waals surface area contributed by atoms with Crippen LogP contribution in [0.15, 0.2) is 34.7 Å². The first-order chi connectivity index (χ1) is 13.4. The molecule has 0 saturated heterocycles. The zero-order valence-electron chi connectivity index (χ0n) is 15.4. The summed E-state index contributed by atoms with van der Waals surface area (Å²) in [7, 11) is 0. The zero-order chi connectivity index (χ0) is 20.3. The number of hydrogen-bond acceptors (Lipinski definition) is 7. The number of carbonyl (C=O) groups excluding carboxylic acids is 1. The Bertz CT molecular complexity index is 1080. The number of anilines is 2. The third-order valence-corrected chi connectivity index (χ3v) is 5.66. The number of thioether (sulfide) groups is 1. The molecule has 0 atom stereocenters. The molecule has 28 heavy (non-hydrogen) atoms. The van der Waals surface area contributed by atoms with Gasteiger partial charge in [-0.15, -0.1) is 11.3 Å². The van der Waals surface area contributed by atoms with E-state index < -0.39 is 5.82 Å². The monoisotopic (exact) mass is 413 g/mol. The second kappa shape index (κ2) is 8.46. The predicted molar refractivity (Wildman–Crippen MR) is 107 cm³/mol. The molecule has 1 amide bonds. The van der Waals surface area contributed by atoms with Gasteiger partial charge in [-0.25, -0.2) is 19.3 Å². The van der Waals surface area contributed by atoms with Crippen LogP contribution in [0.5, 0.6) is 0 Å². The number of nitriles is 1. The standard InChI is InChI=1S/C19H16FN5OS2/c1-11-15(8-21)18(23-12(2)22-11)27-9-14-10-28-19(24-14)25(13(3)26)17-7-5-4-6-16(17)20/h4-7,10H,9H2,1-3H3. The summed E-state index contributed by atoms with van der Waals surface area (Å²) in [5, 5.41) is 12.1. The molecular formula is C19H16FN5OS2. The van der Waals surface area contributed by atoms with Gasteiger partial charge in [0.2, 0.25) is 5.91 Å². The molecule has 0 aliphatic rings. The third-order valence-electron chi connectivity index (χ3n) is 3.78. The highest BCUT2D eigenvalue weighted by molar-refractivity contribution is 7.98. The fourth-order valence-electron chi connectivity index (χ4n) is 2.56. The van der Waals surface area contributed by atoms with Gasteiger partial charge in [0.1, 0.15) is 28.3 Å². The van der Waals surface area contributed by atoms with E-state index in [0.29, 0.717) is 38.7 Å². The molecule has 6 nitrogen and oxygen atoms in total. The Labute approximate surface area is 170 Å². The fraction of sp³-hybridized carbons (Fsp3) is 0.211. The molecule has 9 heteroatoms. The average molecular weight is 414 g/mol. The van der Waals surface area contributed by atoms with Crippen LogP contribution in [0, 0.1) is 31.0 Å². The molecule has 0 aliphatic carbocycles. The van der Waals surface area contributed by atoms with Crippen molar-refractivity contribution in [2.24, 2.45) is 0 Å². The number of para-hydroxylation sites is 1. The van der Waals surface area contributed by atoms with Crippen LogP contribution in [0.1, 0.15) is 29.7 Å². The summed E-state index contributed by atoms with van der Waals surface area (Å²) in [6, 6.07) is 8.22. The van der Waals surface area contributed by atoms with Crippen molar-refractivity contribution >= 4 is 39.8 Å². The number of halogens is 1. The number of hydrogen-bond donors (Lipinski definition) is 0. The minimum absolute atomic E-state index is 0.164. The van der Waals surface area contributed by atoms with Crippen molar-refractivity contribution < 1.29 is 9.18 Å². The van der Waals surface area contributed by atoms with Crippen LogP contribution >= 0.6 is 23.1 Å². The molecule has 2 heterocycles. The van der Waals surface area contributed by atoms with Gasteiger partial charge in [-0.05, 0) is 26.0 Å². The van der Waals surface area contributed by atoms with Gasteiger partial charge in [-0.3, -0.25) is 9.69 Å². The molecule has 0 bridgehead atoms. The van der Waals surface area contributed by atoms with E-state index in [1.165, 1.54) is 47.1 Å². The second-order valence-corrected chi connectivity index (χ2v) is 7.66. The molecule has 0 spiro atoms. The first kappa shape index (κ1) is 19.9. The summed E-state index contributed by atoms with van der Waals surface area (Å²) in [6.45, 7) is 4.92. The predicted octanol–water partition coefficient (Wildman–Crippen LogP) is 4.54. The SMILES string of the molecule is CC(=O)N(c1nc(CSc2nc(C)nc(C)c2C#N)cs1)c1ccccc1F. The summed E-state index contributed by atoms with van der Waals surface area (Å²) in [5.74, 6) is 0.242. The molecule has 0 aliphatic heterocycles. The van der Waals surface area contributed by atoms with Crippen molar-refractivity contribution in [1.82, 2.24) is 15.0 Å². The van der Waals surface area contributed by atoms with Crippen molar-refractivity contribution in [3.8, 4) is 6.07 Å². The quantitative estimate of drug-likeness (QED) is 0.451. The smallest absolute Gasteiger partial charge is 0.230 e. The van der Waals surface area contributed by atoms with Crippen LogP contribution in [-0.2, 0) is 10.5 Å². The lowest BCUT2D eigenvalue weighted by molar-refractivity contribution is -0.115. The topological polar surface area (TPSA) is 82.8 Å². The van der Waals surface area contributed by atoms with Crippen LogP contribution < -0.4 is 4.90 Å². The highest BCUT2D eigenvalue weighted by Gasteiger charge is 2.21. The van der Waals surface area contributed by atoms with Crippen LogP contribution in [0.2, 0.25) is 0 Å². The van der Waals surface area contributed by atoms with Crippen molar-refractivity contribution in [3.63, 3.8) is 0 Å². The Balaban J connectivity index is 1.84. The second-order valence-electron chi connectivity index (χ2n) is 5.86. The van der Waals surface area contributed by atoms with E-state index >= 15 is 0 Å². The van der Waals surface area contributed by atoms with Crippen molar-refractivity contribution in [2.75, 3.05) is 4.90 Å². The highest BCUT2D eigenvalue weighted by Crippen LogP contribution is 2.33. The van der Waals surface area contributed by atoms with E-state index in [0.717, 1.165) is 0 Å². The number of benzene rings is 1. The number of aryl methyl sites for hydroxylation is 2. The number of rotatable bonds is 5. The fourth-order valence-corrected chi connectivity index (χ4v) is 4.51. The normalized spacial score (nSPS) is 10.5. The molecule has 3 rings (SSSR count). The van der Waals surface area contributed by atoms with Gasteiger partial charge in [0, 0.05) is 18.1 Å². The lowest BCUT2D eigenvalue weighted by Crippen LogP contribution is -2.23.